The zero-order valence-corrected chi connectivity index (χ0v) is 14.4. The smallest absolute Gasteiger partial charge is 0.275 e. The monoisotopic (exact) mass is 372 g/mol. The van der Waals surface area contributed by atoms with Crippen molar-refractivity contribution < 1.29 is 26.8 Å². The number of benzene rings is 1. The quantitative estimate of drug-likeness (QED) is 0.803. The van der Waals surface area contributed by atoms with Gasteiger partial charge in [0.15, 0.2) is 5.78 Å². The maximum Gasteiger partial charge on any atom is 0.275 e. The van der Waals surface area contributed by atoms with Crippen molar-refractivity contribution in [1.29, 1.82) is 0 Å². The minimum Gasteiger partial charge on any atom is -0.329 e. The Morgan fingerprint density at radius 2 is 1.92 bits per heavy atom. The Labute approximate surface area is 144 Å². The van der Waals surface area contributed by atoms with Crippen molar-refractivity contribution in [2.24, 2.45) is 0 Å². The topological polar surface area (TPSA) is 74.8 Å². The first kappa shape index (κ1) is 17.9. The van der Waals surface area contributed by atoms with E-state index < -0.39 is 41.0 Å². The molecule has 2 aliphatic heterocycles. The van der Waals surface area contributed by atoms with Crippen molar-refractivity contribution in [3.63, 3.8) is 0 Å². The van der Waals surface area contributed by atoms with Crippen molar-refractivity contribution in [2.45, 2.75) is 36.6 Å². The van der Waals surface area contributed by atoms with Crippen molar-refractivity contribution in [3.8, 4) is 0 Å². The van der Waals surface area contributed by atoms with Crippen LogP contribution in [-0.2, 0) is 14.8 Å². The molecule has 3 rings (SSSR count). The van der Waals surface area contributed by atoms with Crippen molar-refractivity contribution in [3.05, 3.63) is 29.8 Å². The fraction of sp³-hybridized carbons (Fsp3) is 0.500. The Hall–Kier alpha value is -1.87. The number of hydrogen-bond acceptors (Lipinski definition) is 4. The SMILES string of the molecule is CC(=O)[C@H]1CCCN1C(=O)c1cccc(S(=O)(=O)N2CC(F)(F)C2)c1. The third-order valence-electron chi connectivity index (χ3n) is 4.52. The average molecular weight is 372 g/mol. The normalized spacial score (nSPS) is 23.3. The summed E-state index contributed by atoms with van der Waals surface area (Å²) < 4.78 is 51.4. The summed E-state index contributed by atoms with van der Waals surface area (Å²) in [7, 11) is -4.07. The summed E-state index contributed by atoms with van der Waals surface area (Å²) in [5.74, 6) is -3.55. The van der Waals surface area contributed by atoms with Gasteiger partial charge in [0.2, 0.25) is 10.0 Å². The number of rotatable bonds is 4. The predicted octanol–water partition coefficient (Wildman–Crippen LogP) is 1.52. The van der Waals surface area contributed by atoms with Crippen molar-refractivity contribution in [1.82, 2.24) is 9.21 Å². The van der Waals surface area contributed by atoms with Crippen LogP contribution in [0.15, 0.2) is 29.2 Å². The van der Waals surface area contributed by atoms with Gasteiger partial charge in [-0.15, -0.1) is 0 Å². The molecule has 136 valence electrons. The summed E-state index contributed by atoms with van der Waals surface area (Å²) in [6, 6.07) is 4.82. The predicted molar refractivity (Wildman–Crippen MR) is 84.9 cm³/mol. The summed E-state index contributed by atoms with van der Waals surface area (Å²) in [6.45, 7) is 0.137. The molecule has 25 heavy (non-hydrogen) atoms. The Kier molecular flexibility index (Phi) is 4.40. The van der Waals surface area contributed by atoms with E-state index in [0.717, 1.165) is 0 Å². The molecule has 1 aromatic rings. The molecule has 2 aliphatic rings. The first-order valence-corrected chi connectivity index (χ1v) is 9.35. The second kappa shape index (κ2) is 6.14. The Balaban J connectivity index is 1.85. The molecular weight excluding hydrogens is 354 g/mol. The molecule has 0 N–H and O–H groups in total. The summed E-state index contributed by atoms with van der Waals surface area (Å²) in [4.78, 5) is 25.5. The van der Waals surface area contributed by atoms with Gasteiger partial charge in [0.05, 0.1) is 24.0 Å². The minimum atomic E-state index is -4.07. The lowest BCUT2D eigenvalue weighted by Crippen LogP contribution is -2.58. The van der Waals surface area contributed by atoms with Crippen LogP contribution in [0.5, 0.6) is 0 Å². The zero-order chi connectivity index (χ0) is 18.4. The summed E-state index contributed by atoms with van der Waals surface area (Å²) in [5, 5.41) is 0. The van der Waals surface area contributed by atoms with Crippen LogP contribution in [0.3, 0.4) is 0 Å². The molecule has 1 atom stereocenters. The van der Waals surface area contributed by atoms with Crippen LogP contribution in [0, 0.1) is 0 Å². The van der Waals surface area contributed by atoms with Gasteiger partial charge in [0.1, 0.15) is 0 Å². The van der Waals surface area contributed by atoms with Gasteiger partial charge in [0.25, 0.3) is 11.8 Å². The Bertz CT molecular complexity index is 817. The number of likely N-dealkylation sites (tertiary alicyclic amines) is 1. The number of carbonyl (C=O) groups is 2. The number of carbonyl (C=O) groups excluding carboxylic acids is 2. The van der Waals surface area contributed by atoms with E-state index in [1.165, 1.54) is 36.1 Å². The fourth-order valence-electron chi connectivity index (χ4n) is 3.18. The number of ketones is 1. The zero-order valence-electron chi connectivity index (χ0n) is 13.6. The highest BCUT2D eigenvalue weighted by atomic mass is 32.2. The summed E-state index contributed by atoms with van der Waals surface area (Å²) >= 11 is 0. The molecule has 9 heteroatoms. The van der Waals surface area contributed by atoms with Crippen molar-refractivity contribution in [2.75, 3.05) is 19.6 Å². The van der Waals surface area contributed by atoms with E-state index in [1.807, 2.05) is 0 Å². The molecule has 1 aromatic carbocycles. The fourth-order valence-corrected chi connectivity index (χ4v) is 4.72. The number of Topliss-reactive ketones (excluding diaryl/α,β-unsaturated/α-hetero) is 1. The van der Waals surface area contributed by atoms with E-state index >= 15 is 0 Å². The van der Waals surface area contributed by atoms with Gasteiger partial charge >= 0.3 is 0 Å². The second-order valence-corrected chi connectivity index (χ2v) is 8.36. The highest BCUT2D eigenvalue weighted by Crippen LogP contribution is 2.32. The Morgan fingerprint density at radius 1 is 1.24 bits per heavy atom. The minimum absolute atomic E-state index is 0.113. The van der Waals surface area contributed by atoms with Gasteiger partial charge in [-0.2, -0.15) is 4.31 Å². The molecule has 0 radical (unpaired) electrons. The van der Waals surface area contributed by atoms with E-state index in [1.54, 1.807) is 0 Å². The van der Waals surface area contributed by atoms with E-state index in [4.69, 9.17) is 0 Å². The lowest BCUT2D eigenvalue weighted by Gasteiger charge is -2.37. The first-order valence-electron chi connectivity index (χ1n) is 7.91. The van der Waals surface area contributed by atoms with Crippen LogP contribution in [0.1, 0.15) is 30.1 Å². The second-order valence-electron chi connectivity index (χ2n) is 6.42. The average Bonchev–Trinajstić information content (AvgIpc) is 3.01. The molecular formula is C16H18F2N2O4S. The largest absolute Gasteiger partial charge is 0.329 e. The molecule has 2 heterocycles. The maximum absolute atomic E-state index is 13.0. The Morgan fingerprint density at radius 3 is 2.52 bits per heavy atom. The van der Waals surface area contributed by atoms with Crippen LogP contribution < -0.4 is 0 Å². The molecule has 6 nitrogen and oxygen atoms in total. The van der Waals surface area contributed by atoms with Gasteiger partial charge in [-0.3, -0.25) is 9.59 Å². The molecule has 0 bridgehead atoms. The number of nitrogens with zero attached hydrogens (tertiary/aromatic N) is 2. The number of sulfonamides is 1. The van der Waals surface area contributed by atoms with Crippen LogP contribution in [0.2, 0.25) is 0 Å². The van der Waals surface area contributed by atoms with E-state index in [9.17, 15) is 26.8 Å². The van der Waals surface area contributed by atoms with Crippen LogP contribution in [0.25, 0.3) is 0 Å². The summed E-state index contributed by atoms with van der Waals surface area (Å²) in [6.07, 6.45) is 1.29. The molecule has 2 fully saturated rings. The van der Waals surface area contributed by atoms with Gasteiger partial charge in [-0.25, -0.2) is 17.2 Å². The molecule has 0 aromatic heterocycles. The van der Waals surface area contributed by atoms with Crippen LogP contribution >= 0.6 is 0 Å². The van der Waals surface area contributed by atoms with Gasteiger partial charge in [-0.1, -0.05) is 6.07 Å². The molecule has 0 saturated carbocycles. The van der Waals surface area contributed by atoms with E-state index in [0.29, 0.717) is 23.7 Å². The van der Waals surface area contributed by atoms with Crippen molar-refractivity contribution >= 4 is 21.7 Å². The highest BCUT2D eigenvalue weighted by Gasteiger charge is 2.49. The molecule has 0 unspecified atom stereocenters. The number of alkyl halides is 2. The van der Waals surface area contributed by atoms with E-state index in [-0.39, 0.29) is 16.2 Å². The van der Waals surface area contributed by atoms with E-state index in [2.05, 4.69) is 0 Å². The van der Waals surface area contributed by atoms with Gasteiger partial charge < -0.3 is 4.90 Å². The third kappa shape index (κ3) is 3.30. The first-order chi connectivity index (χ1) is 11.6. The third-order valence-corrected chi connectivity index (χ3v) is 6.30. The summed E-state index contributed by atoms with van der Waals surface area (Å²) in [5.41, 5.74) is 0.126. The van der Waals surface area contributed by atoms with Crippen LogP contribution in [-0.4, -0.2) is 60.9 Å². The standard InChI is InChI=1S/C16H18F2N2O4S/c1-11(21)14-6-3-7-20(14)15(22)12-4-2-5-13(8-12)25(23,24)19-9-16(17,18)10-19/h2,4-5,8,14H,3,6-7,9-10H2,1H3/t14-/m1/s1. The van der Waals surface area contributed by atoms with Gasteiger partial charge in [0, 0.05) is 12.1 Å². The van der Waals surface area contributed by atoms with Gasteiger partial charge in [-0.05, 0) is 38.0 Å². The number of halogens is 2. The molecule has 0 aliphatic carbocycles. The lowest BCUT2D eigenvalue weighted by molar-refractivity contribution is -0.120. The lowest BCUT2D eigenvalue weighted by atomic mass is 10.1. The van der Waals surface area contributed by atoms with Crippen LogP contribution in [0.4, 0.5) is 8.78 Å². The highest BCUT2D eigenvalue weighted by molar-refractivity contribution is 7.89. The number of amides is 1. The molecule has 0 spiro atoms. The maximum atomic E-state index is 13.0. The number of hydrogen-bond donors (Lipinski definition) is 0. The molecule has 2 saturated heterocycles. The molecule has 1 amide bonds.